The normalized spacial score (nSPS) is 14.4. The van der Waals surface area contributed by atoms with Crippen molar-refractivity contribution < 1.29 is 65.8 Å². The zero-order valence-electron chi connectivity index (χ0n) is 5.83. The Morgan fingerprint density at radius 1 is 1.75 bits per heavy atom. The average Bonchev–Trinajstić information content (AvgIpc) is 1.31. The minimum absolute atomic E-state index is 0. The van der Waals surface area contributed by atoms with E-state index in [2.05, 4.69) is 0 Å². The largest absolute Gasteiger partial charge is 1.00 e. The molecule has 4 nitrogen and oxygen atoms in total. The van der Waals surface area contributed by atoms with E-state index in [1.807, 2.05) is 0 Å². The van der Waals surface area contributed by atoms with E-state index in [4.69, 9.17) is 10.3 Å². The smallest absolute Gasteiger partial charge is 1.00 e. The Morgan fingerprint density at radius 3 is 1.88 bits per heavy atom. The number of nitrogens with two attached hydrogens (primary N) is 1. The van der Waals surface area contributed by atoms with Gasteiger partial charge in [0.2, 0.25) is 0 Å². The van der Waals surface area contributed by atoms with Crippen LogP contribution in [-0.2, 0) is 10.1 Å². The summed E-state index contributed by atoms with van der Waals surface area (Å²) in [6.07, 6.45) is 0. The molecule has 0 fully saturated rings. The van der Waals surface area contributed by atoms with Crippen LogP contribution in [0.1, 0.15) is 8.35 Å². The maximum atomic E-state index is 9.76. The second kappa shape index (κ2) is 4.34. The van der Waals surface area contributed by atoms with Gasteiger partial charge < -0.3 is 7.16 Å². The Morgan fingerprint density at radius 2 is 1.88 bits per heavy atom. The van der Waals surface area contributed by atoms with Crippen LogP contribution in [0.15, 0.2) is 0 Å². The SMILES string of the molecule is CC(N)S(=O)(=O)O.[H-].[K+]. The van der Waals surface area contributed by atoms with Crippen molar-refractivity contribution in [2.45, 2.75) is 12.3 Å². The van der Waals surface area contributed by atoms with E-state index < -0.39 is 15.5 Å². The summed E-state index contributed by atoms with van der Waals surface area (Å²) >= 11 is 0. The molecule has 0 aliphatic heterocycles. The first-order valence-electron chi connectivity index (χ1n) is 1.66. The molecule has 0 aromatic carbocycles. The third-order valence-electron chi connectivity index (χ3n) is 0.470. The summed E-state index contributed by atoms with van der Waals surface area (Å²) in [5.74, 6) is 0. The average molecular weight is 165 g/mol. The fraction of sp³-hybridized carbons (Fsp3) is 1.00. The van der Waals surface area contributed by atoms with Gasteiger partial charge >= 0.3 is 51.4 Å². The van der Waals surface area contributed by atoms with Crippen LogP contribution >= 0.6 is 0 Å². The van der Waals surface area contributed by atoms with Crippen molar-refractivity contribution >= 4 is 10.1 Å². The van der Waals surface area contributed by atoms with Crippen molar-refractivity contribution in [3.05, 3.63) is 0 Å². The van der Waals surface area contributed by atoms with Crippen molar-refractivity contribution in [3.63, 3.8) is 0 Å². The van der Waals surface area contributed by atoms with Gasteiger partial charge in [0.05, 0.1) is 0 Å². The summed E-state index contributed by atoms with van der Waals surface area (Å²) in [5, 5.41) is -1.17. The van der Waals surface area contributed by atoms with Gasteiger partial charge in [0.1, 0.15) is 5.37 Å². The van der Waals surface area contributed by atoms with Gasteiger partial charge in [0.25, 0.3) is 10.1 Å². The molecule has 0 saturated carbocycles. The van der Waals surface area contributed by atoms with Crippen molar-refractivity contribution in [2.75, 3.05) is 0 Å². The first-order chi connectivity index (χ1) is 2.94. The monoisotopic (exact) mass is 165 g/mol. The molecule has 0 bridgehead atoms. The molecular weight excluding hydrogens is 157 g/mol. The molecule has 0 radical (unpaired) electrons. The van der Waals surface area contributed by atoms with Crippen LogP contribution in [-0.4, -0.2) is 18.3 Å². The molecule has 1 unspecified atom stereocenters. The van der Waals surface area contributed by atoms with Crippen LogP contribution in [0.4, 0.5) is 0 Å². The fourth-order valence-corrected chi connectivity index (χ4v) is 0. The Balaban J connectivity index is -0.000000180. The maximum Gasteiger partial charge on any atom is 1.00 e. The van der Waals surface area contributed by atoms with Crippen LogP contribution in [0.3, 0.4) is 0 Å². The Kier molecular flexibility index (Phi) is 6.63. The zero-order chi connectivity index (χ0) is 6.08. The molecule has 0 spiro atoms. The summed E-state index contributed by atoms with van der Waals surface area (Å²) < 4.78 is 27.5. The van der Waals surface area contributed by atoms with Gasteiger partial charge in [-0.15, -0.1) is 0 Å². The minimum atomic E-state index is -3.96. The van der Waals surface area contributed by atoms with E-state index in [-0.39, 0.29) is 52.8 Å². The number of hydrogen-bond acceptors (Lipinski definition) is 3. The second-order valence-electron chi connectivity index (χ2n) is 1.22. The van der Waals surface area contributed by atoms with Crippen molar-refractivity contribution in [2.24, 2.45) is 5.73 Å². The summed E-state index contributed by atoms with van der Waals surface area (Å²) in [6.45, 7) is 1.19. The molecular formula is C2H8KNO3S. The van der Waals surface area contributed by atoms with Gasteiger partial charge in [0.15, 0.2) is 0 Å². The molecule has 0 aromatic heterocycles. The van der Waals surface area contributed by atoms with Crippen LogP contribution in [0.25, 0.3) is 0 Å². The van der Waals surface area contributed by atoms with Gasteiger partial charge in [-0.2, -0.15) is 8.42 Å². The molecule has 6 heteroatoms. The Hall–Kier alpha value is 1.51. The first kappa shape index (κ1) is 12.2. The molecule has 3 N–H and O–H groups in total. The molecule has 0 saturated heterocycles. The van der Waals surface area contributed by atoms with Crippen LogP contribution in [0.2, 0.25) is 0 Å². The third kappa shape index (κ3) is 5.64. The van der Waals surface area contributed by atoms with E-state index in [1.54, 1.807) is 0 Å². The quantitative estimate of drug-likeness (QED) is 0.309. The molecule has 0 amide bonds. The zero-order valence-corrected chi connectivity index (χ0v) is 8.77. The molecule has 0 aliphatic rings. The van der Waals surface area contributed by atoms with Crippen LogP contribution in [0.5, 0.6) is 0 Å². The third-order valence-corrected chi connectivity index (χ3v) is 1.41. The van der Waals surface area contributed by atoms with Crippen molar-refractivity contribution in [1.82, 2.24) is 0 Å². The van der Waals surface area contributed by atoms with E-state index in [1.165, 1.54) is 6.92 Å². The minimum Gasteiger partial charge on any atom is -1.00 e. The predicted molar refractivity (Wildman–Crippen MR) is 26.3 cm³/mol. The summed E-state index contributed by atoms with van der Waals surface area (Å²) in [6, 6.07) is 0. The first-order valence-corrected chi connectivity index (χ1v) is 3.17. The fourth-order valence-electron chi connectivity index (χ4n) is 0. The molecule has 1 atom stereocenters. The molecule has 0 aliphatic carbocycles. The maximum absolute atomic E-state index is 9.76. The van der Waals surface area contributed by atoms with Crippen LogP contribution in [0, 0.1) is 0 Å². The van der Waals surface area contributed by atoms with Gasteiger partial charge in [0, 0.05) is 0 Å². The Bertz CT molecular complexity index is 144. The van der Waals surface area contributed by atoms with Crippen molar-refractivity contribution in [3.8, 4) is 0 Å². The van der Waals surface area contributed by atoms with E-state index in [0.717, 1.165) is 0 Å². The number of hydrogen-bond donors (Lipinski definition) is 2. The Labute approximate surface area is 92.5 Å². The van der Waals surface area contributed by atoms with Gasteiger partial charge in [-0.05, 0) is 6.92 Å². The van der Waals surface area contributed by atoms with E-state index in [9.17, 15) is 8.42 Å². The summed E-state index contributed by atoms with van der Waals surface area (Å²) in [4.78, 5) is 0. The molecule has 8 heavy (non-hydrogen) atoms. The molecule has 46 valence electrons. The standard InChI is InChI=1S/C2H7NO3S.K.H/c1-2(3)7(4,5)6;;/h2H,3H2,1H3,(H,4,5,6);;/q;+1;-1. The van der Waals surface area contributed by atoms with Gasteiger partial charge in [-0.1, -0.05) is 0 Å². The predicted octanol–water partition coefficient (Wildman–Crippen LogP) is -3.70. The van der Waals surface area contributed by atoms with Crippen LogP contribution < -0.4 is 57.1 Å². The van der Waals surface area contributed by atoms with E-state index >= 15 is 0 Å². The molecule has 0 aromatic rings. The topological polar surface area (TPSA) is 80.4 Å². The molecule has 0 rings (SSSR count). The second-order valence-corrected chi connectivity index (χ2v) is 2.99. The summed E-state index contributed by atoms with van der Waals surface area (Å²) in [5.41, 5.74) is 4.73. The summed E-state index contributed by atoms with van der Waals surface area (Å²) in [7, 11) is -3.96. The van der Waals surface area contributed by atoms with Crippen molar-refractivity contribution in [1.29, 1.82) is 0 Å². The number of rotatable bonds is 1. The molecule has 0 heterocycles. The van der Waals surface area contributed by atoms with E-state index in [0.29, 0.717) is 0 Å². The van der Waals surface area contributed by atoms with Gasteiger partial charge in [-0.3, -0.25) is 4.55 Å². The van der Waals surface area contributed by atoms with Gasteiger partial charge in [-0.25, -0.2) is 0 Å².